The third-order valence-corrected chi connectivity index (χ3v) is 10.4. The molecule has 0 saturated carbocycles. The van der Waals surface area contributed by atoms with Gasteiger partial charge in [-0.2, -0.15) is 0 Å². The van der Waals surface area contributed by atoms with E-state index in [1.807, 2.05) is 0 Å². The van der Waals surface area contributed by atoms with E-state index in [4.69, 9.17) is 13.8 Å². The summed E-state index contributed by atoms with van der Waals surface area (Å²) in [6.07, 6.45) is 0. The Labute approximate surface area is 298 Å². The van der Waals surface area contributed by atoms with Crippen LogP contribution < -0.4 is 0 Å². The highest BCUT2D eigenvalue weighted by molar-refractivity contribution is 6.17. The molecule has 0 bridgehead atoms. The van der Waals surface area contributed by atoms with Gasteiger partial charge >= 0.3 is 0 Å². The maximum Gasteiger partial charge on any atom is 0.149 e. The first-order chi connectivity index (χ1) is 24.6. The minimum absolute atomic E-state index is 0.0667. The van der Waals surface area contributed by atoms with Gasteiger partial charge in [-0.05, 0) is 99.1 Å². The van der Waals surface area contributed by atoms with Gasteiger partial charge in [0.05, 0.1) is 22.3 Å². The largest absolute Gasteiger partial charge is 0.461 e. The normalized spacial score (nSPS) is 12.6. The van der Waals surface area contributed by atoms with E-state index in [0.29, 0.717) is 0 Å². The lowest BCUT2D eigenvalue weighted by molar-refractivity contribution is 0.417. The van der Waals surface area contributed by atoms with E-state index < -0.39 is 0 Å². The van der Waals surface area contributed by atoms with Gasteiger partial charge in [0.25, 0.3) is 0 Å². The third-order valence-electron chi connectivity index (χ3n) is 10.4. The van der Waals surface area contributed by atoms with Crippen molar-refractivity contribution >= 4 is 54.5 Å². The van der Waals surface area contributed by atoms with Gasteiger partial charge in [-0.3, -0.25) is 4.57 Å². The fraction of sp³-hybridized carbons (Fsp3) is 0.213. The average molecular weight is 667 g/mol. The number of nitrogens with zero attached hydrogens (tertiary/aromatic N) is 2. The highest BCUT2D eigenvalue weighted by atomic mass is 16.3. The molecule has 0 aliphatic rings. The molecule has 0 atom stereocenters. The molecule has 0 unspecified atom stereocenters. The van der Waals surface area contributed by atoms with Crippen LogP contribution in [0.2, 0.25) is 0 Å². The van der Waals surface area contributed by atoms with Crippen molar-refractivity contribution in [1.29, 1.82) is 0 Å². The molecule has 4 nitrogen and oxygen atoms in total. The predicted molar refractivity (Wildman–Crippen MR) is 213 cm³/mol. The van der Waals surface area contributed by atoms with Crippen LogP contribution in [0.25, 0.3) is 82.9 Å². The lowest BCUT2D eigenvalue weighted by atomic mass is 9.89. The Morgan fingerprint density at radius 3 is 2.06 bits per heavy atom. The molecule has 0 saturated heterocycles. The molecule has 9 aromatic rings. The molecule has 0 spiro atoms. The second kappa shape index (κ2) is 11.5. The monoisotopic (exact) mass is 666 g/mol. The maximum absolute atomic E-state index is 6.88. The van der Waals surface area contributed by atoms with E-state index in [1.165, 1.54) is 38.4 Å². The van der Waals surface area contributed by atoms with E-state index in [0.717, 1.165) is 61.4 Å². The van der Waals surface area contributed by atoms with Crippen LogP contribution in [0.3, 0.4) is 0 Å². The van der Waals surface area contributed by atoms with Gasteiger partial charge < -0.3 is 8.83 Å². The molecule has 0 amide bonds. The predicted octanol–water partition coefficient (Wildman–Crippen LogP) is 13.7. The Hall–Kier alpha value is -5.61. The van der Waals surface area contributed by atoms with Crippen molar-refractivity contribution in [2.75, 3.05) is 0 Å². The fourth-order valence-electron chi connectivity index (χ4n) is 7.76. The highest BCUT2D eigenvalue weighted by Gasteiger charge is 2.26. The Balaban J connectivity index is 1.32. The second-order valence-corrected chi connectivity index (χ2v) is 15.6. The minimum Gasteiger partial charge on any atom is -0.461 e. The summed E-state index contributed by atoms with van der Waals surface area (Å²) in [4.78, 5) is 5.37. The van der Waals surface area contributed by atoms with E-state index in [-0.39, 0.29) is 17.3 Å². The molecular formula is C47H42N2O2. The number of imidazole rings is 1. The number of hydrogen-bond acceptors (Lipinski definition) is 3. The minimum atomic E-state index is -0.0667. The number of aromatic nitrogens is 2. The van der Waals surface area contributed by atoms with Gasteiger partial charge in [-0.1, -0.05) is 109 Å². The molecule has 9 rings (SSSR count). The standard InChI is InChI=1S/C47H42N2O2/c1-27(2)35-24-31(41-21-22-43(50-41)47(5,6)7)25-36(28(3)4)44(35)49-40-18-11-10-17-39(40)48-46(49)34-16-12-15-33-38-23-30-20-19-29-13-8-9-14-32(29)37(30)26-42(38)51-45(33)34/h8-28H,1-7H3. The van der Waals surface area contributed by atoms with Crippen molar-refractivity contribution in [3.63, 3.8) is 0 Å². The van der Waals surface area contributed by atoms with Crippen molar-refractivity contribution in [3.05, 3.63) is 132 Å². The first-order valence-corrected chi connectivity index (χ1v) is 18.1. The number of rotatable bonds is 5. The Bertz CT molecular complexity index is 2770. The van der Waals surface area contributed by atoms with E-state index in [1.54, 1.807) is 0 Å². The van der Waals surface area contributed by atoms with Gasteiger partial charge in [0.1, 0.15) is 28.5 Å². The van der Waals surface area contributed by atoms with Gasteiger partial charge in [0.2, 0.25) is 0 Å². The lowest BCUT2D eigenvalue weighted by Gasteiger charge is -2.24. The third kappa shape index (κ3) is 4.99. The van der Waals surface area contributed by atoms with E-state index >= 15 is 0 Å². The SMILES string of the molecule is CC(C)c1cc(-c2ccc(C(C)(C)C)o2)cc(C(C)C)c1-n1c(-c2cccc3c2oc2cc4c(ccc5ccccc54)cc23)nc2ccccc21. The molecule has 0 aliphatic heterocycles. The van der Waals surface area contributed by atoms with Crippen molar-refractivity contribution in [1.82, 2.24) is 9.55 Å². The Morgan fingerprint density at radius 2 is 1.31 bits per heavy atom. The van der Waals surface area contributed by atoms with Crippen LogP contribution in [0.1, 0.15) is 77.2 Å². The second-order valence-electron chi connectivity index (χ2n) is 15.6. The molecule has 4 heteroatoms. The molecule has 3 heterocycles. The topological polar surface area (TPSA) is 44.1 Å². The van der Waals surface area contributed by atoms with Crippen LogP contribution in [0.4, 0.5) is 0 Å². The Morgan fingerprint density at radius 1 is 0.608 bits per heavy atom. The Kier molecular flexibility index (Phi) is 7.05. The molecule has 0 fully saturated rings. The van der Waals surface area contributed by atoms with Crippen molar-refractivity contribution in [2.24, 2.45) is 0 Å². The molecule has 0 radical (unpaired) electrons. The fourth-order valence-corrected chi connectivity index (χ4v) is 7.76. The van der Waals surface area contributed by atoms with Crippen LogP contribution in [0, 0.1) is 0 Å². The van der Waals surface area contributed by atoms with E-state index in [9.17, 15) is 0 Å². The van der Waals surface area contributed by atoms with Crippen molar-refractivity contribution in [2.45, 2.75) is 65.7 Å². The highest BCUT2D eigenvalue weighted by Crippen LogP contribution is 2.44. The van der Waals surface area contributed by atoms with Crippen LogP contribution in [-0.2, 0) is 5.41 Å². The van der Waals surface area contributed by atoms with Crippen LogP contribution in [0.15, 0.2) is 124 Å². The molecular weight excluding hydrogens is 625 g/mol. The summed E-state index contributed by atoms with van der Waals surface area (Å²) < 4.78 is 15.8. The van der Waals surface area contributed by atoms with Gasteiger partial charge in [0, 0.05) is 21.8 Å². The summed E-state index contributed by atoms with van der Waals surface area (Å²) in [5.41, 5.74) is 9.45. The quantitative estimate of drug-likeness (QED) is 0.172. The zero-order valence-electron chi connectivity index (χ0n) is 30.3. The molecule has 0 aliphatic carbocycles. The molecule has 0 N–H and O–H groups in total. The van der Waals surface area contributed by atoms with Crippen molar-refractivity contribution in [3.8, 4) is 28.4 Å². The first-order valence-electron chi connectivity index (χ1n) is 18.1. The molecule has 51 heavy (non-hydrogen) atoms. The van der Waals surface area contributed by atoms with Crippen molar-refractivity contribution < 1.29 is 8.83 Å². The molecule has 3 aromatic heterocycles. The molecule has 252 valence electrons. The average Bonchev–Trinajstić information content (AvgIpc) is 3.86. The summed E-state index contributed by atoms with van der Waals surface area (Å²) in [6, 6.07) is 41.3. The number of benzene rings is 6. The smallest absolute Gasteiger partial charge is 0.149 e. The summed E-state index contributed by atoms with van der Waals surface area (Å²) in [7, 11) is 0. The summed E-state index contributed by atoms with van der Waals surface area (Å²) in [6.45, 7) is 15.7. The summed E-state index contributed by atoms with van der Waals surface area (Å²) in [5, 5.41) is 7.06. The maximum atomic E-state index is 6.88. The van der Waals surface area contributed by atoms with Crippen LogP contribution in [-0.4, -0.2) is 9.55 Å². The van der Waals surface area contributed by atoms with Gasteiger partial charge in [0.15, 0.2) is 0 Å². The zero-order chi connectivity index (χ0) is 35.2. The number of para-hydroxylation sites is 3. The van der Waals surface area contributed by atoms with Crippen LogP contribution in [0.5, 0.6) is 0 Å². The summed E-state index contributed by atoms with van der Waals surface area (Å²) >= 11 is 0. The zero-order valence-corrected chi connectivity index (χ0v) is 30.3. The number of fused-ring (bicyclic) bond motifs is 7. The van der Waals surface area contributed by atoms with E-state index in [2.05, 4.69) is 168 Å². The number of furan rings is 2. The van der Waals surface area contributed by atoms with Crippen LogP contribution >= 0.6 is 0 Å². The number of hydrogen-bond donors (Lipinski definition) is 0. The van der Waals surface area contributed by atoms with Gasteiger partial charge in [-0.15, -0.1) is 0 Å². The first kappa shape index (κ1) is 31.4. The lowest BCUT2D eigenvalue weighted by Crippen LogP contribution is -2.10. The summed E-state index contributed by atoms with van der Waals surface area (Å²) in [5.74, 6) is 3.25. The molecule has 6 aromatic carbocycles. The van der Waals surface area contributed by atoms with Gasteiger partial charge in [-0.25, -0.2) is 4.98 Å².